The number of aliphatic hydroxyl groups is 1. The van der Waals surface area contributed by atoms with Crippen molar-refractivity contribution in [1.82, 2.24) is 0 Å². The molecular weight excluding hydrogens is 243 g/mol. The summed E-state index contributed by atoms with van der Waals surface area (Å²) in [5, 5.41) is 11.2. The predicted octanol–water partition coefficient (Wildman–Crippen LogP) is 3.40. The highest BCUT2D eigenvalue weighted by Gasteiger charge is 2.29. The number of hydrogen-bond donors (Lipinski definition) is 1. The van der Waals surface area contributed by atoms with Gasteiger partial charge in [0.1, 0.15) is 0 Å². The lowest BCUT2D eigenvalue weighted by Gasteiger charge is -2.18. The van der Waals surface area contributed by atoms with Gasteiger partial charge < -0.3 is 5.11 Å². The number of benzene rings is 1. The minimum Gasteiger partial charge on any atom is -0.391 e. The Kier molecular flexibility index (Phi) is 3.25. The van der Waals surface area contributed by atoms with Crippen LogP contribution in [0.3, 0.4) is 0 Å². The van der Waals surface area contributed by atoms with Crippen LogP contribution in [0.5, 0.6) is 0 Å². The van der Waals surface area contributed by atoms with E-state index in [-0.39, 0.29) is 12.3 Å². The van der Waals surface area contributed by atoms with E-state index in [9.17, 15) is 5.11 Å². The molecule has 1 N–H and O–H groups in total. The molecule has 0 fully saturated rings. The standard InChI is InChI=1S/C13H10Cl2O/c1-2-3-12(16)13-10-5-4-9(14)6-8(10)7-11(13)15/h1,4-7,12-13,16H,3H2. The average molecular weight is 253 g/mol. The van der Waals surface area contributed by atoms with Crippen molar-refractivity contribution in [3.63, 3.8) is 0 Å². The van der Waals surface area contributed by atoms with E-state index in [2.05, 4.69) is 5.92 Å². The Balaban J connectivity index is 2.39. The maximum atomic E-state index is 9.93. The third-order valence-electron chi connectivity index (χ3n) is 2.69. The van der Waals surface area contributed by atoms with Crippen LogP contribution < -0.4 is 0 Å². The van der Waals surface area contributed by atoms with Crippen molar-refractivity contribution in [2.75, 3.05) is 0 Å². The summed E-state index contributed by atoms with van der Waals surface area (Å²) in [6.07, 6.45) is 6.67. The van der Waals surface area contributed by atoms with Crippen molar-refractivity contribution < 1.29 is 5.11 Å². The van der Waals surface area contributed by atoms with Crippen LogP contribution in [-0.4, -0.2) is 11.2 Å². The predicted molar refractivity (Wildman–Crippen MR) is 67.5 cm³/mol. The van der Waals surface area contributed by atoms with Crippen LogP contribution in [0.2, 0.25) is 5.02 Å². The van der Waals surface area contributed by atoms with Crippen molar-refractivity contribution in [2.45, 2.75) is 18.4 Å². The van der Waals surface area contributed by atoms with Crippen LogP contribution >= 0.6 is 23.2 Å². The second kappa shape index (κ2) is 4.51. The lowest BCUT2D eigenvalue weighted by molar-refractivity contribution is 0.164. The summed E-state index contributed by atoms with van der Waals surface area (Å²) < 4.78 is 0. The highest BCUT2D eigenvalue weighted by atomic mass is 35.5. The zero-order chi connectivity index (χ0) is 11.7. The van der Waals surface area contributed by atoms with Crippen molar-refractivity contribution in [3.8, 4) is 12.3 Å². The van der Waals surface area contributed by atoms with Crippen molar-refractivity contribution in [1.29, 1.82) is 0 Å². The van der Waals surface area contributed by atoms with Gasteiger partial charge in [0.05, 0.1) is 6.10 Å². The molecule has 2 unspecified atom stereocenters. The Morgan fingerprint density at radius 3 is 2.88 bits per heavy atom. The fourth-order valence-electron chi connectivity index (χ4n) is 1.97. The van der Waals surface area contributed by atoms with Crippen molar-refractivity contribution >= 4 is 29.3 Å². The minimum absolute atomic E-state index is 0.218. The lowest BCUT2D eigenvalue weighted by atomic mass is 9.93. The van der Waals surface area contributed by atoms with Crippen LogP contribution in [0.15, 0.2) is 23.2 Å². The number of aliphatic hydroxyl groups excluding tert-OH is 1. The van der Waals surface area contributed by atoms with E-state index in [1.165, 1.54) is 0 Å². The van der Waals surface area contributed by atoms with Gasteiger partial charge in [0.25, 0.3) is 0 Å². The Hall–Kier alpha value is -0.940. The fraction of sp³-hybridized carbons (Fsp3) is 0.231. The molecule has 1 aromatic rings. The van der Waals surface area contributed by atoms with E-state index in [4.69, 9.17) is 29.6 Å². The molecular formula is C13H10Cl2O. The summed E-state index contributed by atoms with van der Waals surface area (Å²) in [6.45, 7) is 0. The molecule has 0 heterocycles. The first-order valence-electron chi connectivity index (χ1n) is 4.91. The average Bonchev–Trinajstić information content (AvgIpc) is 2.53. The molecule has 1 aromatic carbocycles. The van der Waals surface area contributed by atoms with Crippen LogP contribution in [-0.2, 0) is 0 Å². The number of terminal acetylenes is 1. The first kappa shape index (κ1) is 11.5. The van der Waals surface area contributed by atoms with E-state index in [1.54, 1.807) is 6.07 Å². The van der Waals surface area contributed by atoms with Gasteiger partial charge >= 0.3 is 0 Å². The third-order valence-corrected chi connectivity index (χ3v) is 3.27. The third kappa shape index (κ3) is 1.97. The van der Waals surface area contributed by atoms with Gasteiger partial charge in [0, 0.05) is 22.4 Å². The summed E-state index contributed by atoms with van der Waals surface area (Å²) in [4.78, 5) is 0. The molecule has 0 saturated heterocycles. The van der Waals surface area contributed by atoms with Crippen LogP contribution in [0.25, 0.3) is 6.08 Å². The molecule has 0 radical (unpaired) electrons. The number of hydrogen-bond acceptors (Lipinski definition) is 1. The molecule has 1 aliphatic carbocycles. The van der Waals surface area contributed by atoms with Gasteiger partial charge in [-0.25, -0.2) is 0 Å². The summed E-state index contributed by atoms with van der Waals surface area (Å²) in [6, 6.07) is 5.51. The smallest absolute Gasteiger partial charge is 0.0767 e. The first-order valence-corrected chi connectivity index (χ1v) is 5.67. The van der Waals surface area contributed by atoms with Gasteiger partial charge in [0.15, 0.2) is 0 Å². The Morgan fingerprint density at radius 1 is 1.44 bits per heavy atom. The summed E-state index contributed by atoms with van der Waals surface area (Å²) in [7, 11) is 0. The molecule has 16 heavy (non-hydrogen) atoms. The molecule has 0 saturated carbocycles. The van der Waals surface area contributed by atoms with Crippen LogP contribution in [0.4, 0.5) is 0 Å². The van der Waals surface area contributed by atoms with E-state index < -0.39 is 6.10 Å². The largest absolute Gasteiger partial charge is 0.391 e. The van der Waals surface area contributed by atoms with Gasteiger partial charge in [-0.2, -0.15) is 0 Å². The summed E-state index contributed by atoms with van der Waals surface area (Å²) in [5.74, 6) is 2.23. The minimum atomic E-state index is -0.642. The van der Waals surface area contributed by atoms with Gasteiger partial charge in [-0.1, -0.05) is 29.3 Å². The molecule has 1 nitrogen and oxygen atoms in total. The highest BCUT2D eigenvalue weighted by molar-refractivity contribution is 6.33. The van der Waals surface area contributed by atoms with E-state index in [0.717, 1.165) is 11.1 Å². The molecule has 2 rings (SSSR count). The molecule has 0 aliphatic heterocycles. The molecule has 82 valence electrons. The highest BCUT2D eigenvalue weighted by Crippen LogP contribution is 2.42. The van der Waals surface area contributed by atoms with Gasteiger partial charge in [0.2, 0.25) is 0 Å². The molecule has 0 amide bonds. The number of fused-ring (bicyclic) bond motifs is 1. The second-order valence-corrected chi connectivity index (χ2v) is 4.63. The maximum Gasteiger partial charge on any atom is 0.0767 e. The Labute approximate surface area is 105 Å². The van der Waals surface area contributed by atoms with Gasteiger partial charge in [-0.15, -0.1) is 12.3 Å². The fourth-order valence-corrected chi connectivity index (χ4v) is 2.53. The topological polar surface area (TPSA) is 20.2 Å². The van der Waals surface area contributed by atoms with Crippen LogP contribution in [0, 0.1) is 12.3 Å². The molecule has 0 spiro atoms. The second-order valence-electron chi connectivity index (χ2n) is 3.76. The van der Waals surface area contributed by atoms with Crippen molar-refractivity contribution in [3.05, 3.63) is 39.4 Å². The zero-order valence-electron chi connectivity index (χ0n) is 8.45. The molecule has 3 heteroatoms. The lowest BCUT2D eigenvalue weighted by Crippen LogP contribution is -2.16. The molecule has 2 atom stereocenters. The van der Waals surface area contributed by atoms with Crippen molar-refractivity contribution in [2.24, 2.45) is 0 Å². The Morgan fingerprint density at radius 2 is 2.19 bits per heavy atom. The SMILES string of the molecule is C#CCC(O)C1C(Cl)=Cc2cc(Cl)ccc21. The normalized spacial score (nSPS) is 19.9. The van der Waals surface area contributed by atoms with E-state index in [1.807, 2.05) is 18.2 Å². The first-order chi connectivity index (χ1) is 7.63. The molecule has 0 bridgehead atoms. The monoisotopic (exact) mass is 252 g/mol. The van der Waals surface area contributed by atoms with E-state index >= 15 is 0 Å². The quantitative estimate of drug-likeness (QED) is 0.801. The maximum absolute atomic E-state index is 9.93. The van der Waals surface area contributed by atoms with Crippen LogP contribution in [0.1, 0.15) is 23.5 Å². The number of halogens is 2. The zero-order valence-corrected chi connectivity index (χ0v) is 9.96. The van der Waals surface area contributed by atoms with Gasteiger partial charge in [-0.3, -0.25) is 0 Å². The summed E-state index contributed by atoms with van der Waals surface area (Å²) in [5.41, 5.74) is 1.94. The Bertz CT molecular complexity index is 485. The number of rotatable bonds is 2. The van der Waals surface area contributed by atoms with E-state index in [0.29, 0.717) is 10.1 Å². The molecule has 1 aliphatic rings. The molecule has 0 aromatic heterocycles. The summed E-state index contributed by atoms with van der Waals surface area (Å²) >= 11 is 12.0. The van der Waals surface area contributed by atoms with Gasteiger partial charge in [-0.05, 0) is 29.3 Å².